The van der Waals surface area contributed by atoms with Crippen molar-refractivity contribution in [3.05, 3.63) is 12.2 Å². The Kier molecular flexibility index (Phi) is 1.59. The van der Waals surface area contributed by atoms with E-state index in [2.05, 4.69) is 19.1 Å². The van der Waals surface area contributed by atoms with Gasteiger partial charge in [-0.1, -0.05) is 19.1 Å². The Morgan fingerprint density at radius 3 is 2.82 bits per heavy atom. The lowest BCUT2D eigenvalue weighted by Crippen LogP contribution is -2.10. The zero-order valence-corrected chi connectivity index (χ0v) is 6.92. The van der Waals surface area contributed by atoms with Gasteiger partial charge in [0, 0.05) is 12.3 Å². The molecular weight excluding hydrogens is 136 g/mol. The first-order chi connectivity index (χ1) is 5.27. The molecule has 0 aromatic carbocycles. The highest BCUT2D eigenvalue weighted by Gasteiger charge is 2.30. The lowest BCUT2D eigenvalue weighted by atomic mass is 9.87. The van der Waals surface area contributed by atoms with Gasteiger partial charge in [-0.3, -0.25) is 4.79 Å². The monoisotopic (exact) mass is 150 g/mol. The van der Waals surface area contributed by atoms with Crippen molar-refractivity contribution in [1.82, 2.24) is 0 Å². The largest absolute Gasteiger partial charge is 0.299 e. The van der Waals surface area contributed by atoms with E-state index in [0.717, 1.165) is 12.8 Å². The van der Waals surface area contributed by atoms with Crippen LogP contribution in [0.15, 0.2) is 12.2 Å². The molecule has 3 rings (SSSR count). The maximum Gasteiger partial charge on any atom is 0.140 e. The standard InChI is InChI=1S/C10H14O/c1-7-6-10(11)9-4-2-8(7)3-5-9/h2,4,7-9H,3,5-6H2,1H3/t7-,8-,9-/m0/s1. The van der Waals surface area contributed by atoms with Crippen LogP contribution in [-0.2, 0) is 4.79 Å². The maximum absolute atomic E-state index is 11.4. The molecule has 0 aromatic heterocycles. The third-order valence-corrected chi connectivity index (χ3v) is 3.07. The van der Waals surface area contributed by atoms with Gasteiger partial charge in [0.05, 0.1) is 0 Å². The SMILES string of the molecule is C[C@H]1CC(=O)[C@H]2C=C[C@H]1CC2. The molecule has 1 saturated carbocycles. The predicted octanol–water partition coefficient (Wildman–Crippen LogP) is 2.18. The normalized spacial score (nSPS) is 42.6. The van der Waals surface area contributed by atoms with Crippen LogP contribution in [0.25, 0.3) is 0 Å². The molecule has 0 spiro atoms. The second-order valence-electron chi connectivity index (χ2n) is 3.88. The van der Waals surface area contributed by atoms with Gasteiger partial charge in [0.1, 0.15) is 5.78 Å². The van der Waals surface area contributed by atoms with E-state index in [1.165, 1.54) is 6.42 Å². The summed E-state index contributed by atoms with van der Waals surface area (Å²) in [4.78, 5) is 11.4. The molecular formula is C10H14O. The molecule has 0 unspecified atom stereocenters. The van der Waals surface area contributed by atoms with Gasteiger partial charge in [-0.25, -0.2) is 0 Å². The number of rotatable bonds is 0. The van der Waals surface area contributed by atoms with Gasteiger partial charge in [0.2, 0.25) is 0 Å². The Balaban J connectivity index is 2.28. The highest BCUT2D eigenvalue weighted by Crippen LogP contribution is 2.35. The summed E-state index contributed by atoms with van der Waals surface area (Å²) in [5.41, 5.74) is 0. The molecule has 3 atom stereocenters. The second-order valence-corrected chi connectivity index (χ2v) is 3.88. The lowest BCUT2D eigenvalue weighted by molar-refractivity contribution is -0.121. The quantitative estimate of drug-likeness (QED) is 0.484. The van der Waals surface area contributed by atoms with Crippen molar-refractivity contribution in [2.24, 2.45) is 17.8 Å². The second kappa shape index (κ2) is 2.47. The number of fused-ring (bicyclic) bond motifs is 3. The van der Waals surface area contributed by atoms with Crippen molar-refractivity contribution in [3.8, 4) is 0 Å². The molecule has 2 bridgehead atoms. The van der Waals surface area contributed by atoms with E-state index < -0.39 is 0 Å². The first kappa shape index (κ1) is 7.08. The zero-order chi connectivity index (χ0) is 7.84. The van der Waals surface area contributed by atoms with Gasteiger partial charge in [-0.2, -0.15) is 0 Å². The molecule has 0 N–H and O–H groups in total. The molecule has 1 fully saturated rings. The molecule has 0 aromatic rings. The van der Waals surface area contributed by atoms with E-state index >= 15 is 0 Å². The average Bonchev–Trinajstić information content (AvgIpc) is 2.22. The summed E-state index contributed by atoms with van der Waals surface area (Å²) in [6.45, 7) is 2.20. The van der Waals surface area contributed by atoms with Crippen LogP contribution >= 0.6 is 0 Å². The highest BCUT2D eigenvalue weighted by molar-refractivity contribution is 5.83. The van der Waals surface area contributed by atoms with Crippen LogP contribution in [0.1, 0.15) is 26.2 Å². The minimum Gasteiger partial charge on any atom is -0.299 e. The minimum absolute atomic E-state index is 0.274. The Bertz CT molecular complexity index is 205. The van der Waals surface area contributed by atoms with Crippen molar-refractivity contribution >= 4 is 5.78 Å². The molecule has 0 heterocycles. The zero-order valence-electron chi connectivity index (χ0n) is 6.92. The van der Waals surface area contributed by atoms with E-state index in [0.29, 0.717) is 17.6 Å². The molecule has 3 aliphatic carbocycles. The van der Waals surface area contributed by atoms with Crippen molar-refractivity contribution < 1.29 is 4.79 Å². The van der Waals surface area contributed by atoms with E-state index in [1.807, 2.05) is 0 Å². The molecule has 0 saturated heterocycles. The molecule has 3 aliphatic rings. The first-order valence-electron chi connectivity index (χ1n) is 4.48. The summed E-state index contributed by atoms with van der Waals surface area (Å²) in [5.74, 6) is 2.02. The summed E-state index contributed by atoms with van der Waals surface area (Å²) in [6.07, 6.45) is 7.52. The predicted molar refractivity (Wildman–Crippen MR) is 44.1 cm³/mol. The Labute approximate surface area is 67.5 Å². The van der Waals surface area contributed by atoms with Crippen LogP contribution in [0, 0.1) is 17.8 Å². The van der Waals surface area contributed by atoms with Gasteiger partial charge >= 0.3 is 0 Å². The number of allylic oxidation sites excluding steroid dienone is 2. The molecule has 11 heavy (non-hydrogen) atoms. The fourth-order valence-electron chi connectivity index (χ4n) is 2.20. The van der Waals surface area contributed by atoms with Gasteiger partial charge < -0.3 is 0 Å². The van der Waals surface area contributed by atoms with Crippen molar-refractivity contribution in [2.75, 3.05) is 0 Å². The minimum atomic E-state index is 0.274. The Morgan fingerprint density at radius 2 is 2.18 bits per heavy atom. The fraction of sp³-hybridized carbons (Fsp3) is 0.700. The van der Waals surface area contributed by atoms with Crippen LogP contribution in [0.2, 0.25) is 0 Å². The van der Waals surface area contributed by atoms with Gasteiger partial charge in [0.15, 0.2) is 0 Å². The molecule has 1 nitrogen and oxygen atoms in total. The smallest absolute Gasteiger partial charge is 0.140 e. The third kappa shape index (κ3) is 1.13. The lowest BCUT2D eigenvalue weighted by Gasteiger charge is -2.18. The third-order valence-electron chi connectivity index (χ3n) is 3.07. The maximum atomic E-state index is 11.4. The van der Waals surface area contributed by atoms with E-state index in [-0.39, 0.29) is 5.92 Å². The summed E-state index contributed by atoms with van der Waals surface area (Å²) < 4.78 is 0. The van der Waals surface area contributed by atoms with Crippen molar-refractivity contribution in [1.29, 1.82) is 0 Å². The molecule has 1 heteroatoms. The number of hydrogen-bond acceptors (Lipinski definition) is 1. The molecule has 0 amide bonds. The highest BCUT2D eigenvalue weighted by atomic mass is 16.1. The van der Waals surface area contributed by atoms with Gasteiger partial charge in [0.25, 0.3) is 0 Å². The van der Waals surface area contributed by atoms with Gasteiger partial charge in [-0.15, -0.1) is 0 Å². The summed E-state index contributed by atoms with van der Waals surface area (Å²) in [7, 11) is 0. The Hall–Kier alpha value is -0.590. The fourth-order valence-corrected chi connectivity index (χ4v) is 2.20. The van der Waals surface area contributed by atoms with Crippen LogP contribution in [0.3, 0.4) is 0 Å². The molecule has 60 valence electrons. The van der Waals surface area contributed by atoms with E-state index in [1.54, 1.807) is 0 Å². The summed E-state index contributed by atoms with van der Waals surface area (Å²) >= 11 is 0. The van der Waals surface area contributed by atoms with Crippen LogP contribution in [-0.4, -0.2) is 5.78 Å². The molecule has 0 aliphatic heterocycles. The van der Waals surface area contributed by atoms with Crippen molar-refractivity contribution in [2.45, 2.75) is 26.2 Å². The Morgan fingerprint density at radius 1 is 1.36 bits per heavy atom. The van der Waals surface area contributed by atoms with Crippen LogP contribution < -0.4 is 0 Å². The first-order valence-corrected chi connectivity index (χ1v) is 4.48. The van der Waals surface area contributed by atoms with Crippen LogP contribution in [0.4, 0.5) is 0 Å². The number of carbonyl (C=O) groups is 1. The average molecular weight is 150 g/mol. The van der Waals surface area contributed by atoms with Crippen molar-refractivity contribution in [3.63, 3.8) is 0 Å². The molecule has 0 radical (unpaired) electrons. The number of carbonyl (C=O) groups excluding carboxylic acids is 1. The van der Waals surface area contributed by atoms with E-state index in [9.17, 15) is 4.79 Å². The number of ketones is 1. The summed E-state index contributed by atoms with van der Waals surface area (Å²) in [6, 6.07) is 0. The number of Topliss-reactive ketones (excluding diaryl/α,β-unsaturated/α-hetero) is 1. The van der Waals surface area contributed by atoms with Gasteiger partial charge in [-0.05, 0) is 24.7 Å². The summed E-state index contributed by atoms with van der Waals surface area (Å²) in [5, 5.41) is 0. The van der Waals surface area contributed by atoms with Crippen LogP contribution in [0.5, 0.6) is 0 Å². The number of hydrogen-bond donors (Lipinski definition) is 0. The van der Waals surface area contributed by atoms with E-state index in [4.69, 9.17) is 0 Å². The topological polar surface area (TPSA) is 17.1 Å².